The molecule has 0 fully saturated rings. The second kappa shape index (κ2) is 8.03. The first-order valence-electron chi connectivity index (χ1n) is 11.2. The summed E-state index contributed by atoms with van der Waals surface area (Å²) >= 11 is 6.28. The van der Waals surface area contributed by atoms with E-state index in [2.05, 4.69) is 4.57 Å². The molecule has 35 heavy (non-hydrogen) atoms. The van der Waals surface area contributed by atoms with Crippen molar-refractivity contribution in [3.63, 3.8) is 0 Å². The average Bonchev–Trinajstić information content (AvgIpc) is 3.21. The lowest BCUT2D eigenvalue weighted by molar-refractivity contribution is -0.00798. The molecule has 0 aliphatic carbocycles. The van der Waals surface area contributed by atoms with Crippen LogP contribution in [0.25, 0.3) is 22.2 Å². The summed E-state index contributed by atoms with van der Waals surface area (Å²) in [6.45, 7) is 4.33. The second-order valence-electron chi connectivity index (χ2n) is 9.43. The number of phenolic OH excluding ortho intramolecular Hbond substituents is 1. The minimum Gasteiger partial charge on any atom is -0.508 e. The number of ether oxygens (including phenoxy) is 2. The van der Waals surface area contributed by atoms with Gasteiger partial charge in [0.2, 0.25) is 0 Å². The van der Waals surface area contributed by atoms with Crippen LogP contribution in [0.2, 0.25) is 5.02 Å². The summed E-state index contributed by atoms with van der Waals surface area (Å²) in [7, 11) is 4.71. The maximum absolute atomic E-state index is 13.6. The number of hydrogen-bond donors (Lipinski definition) is 1. The Labute approximate surface area is 206 Å². The van der Waals surface area contributed by atoms with Crippen LogP contribution < -0.4 is 16.0 Å². The van der Waals surface area contributed by atoms with Crippen molar-refractivity contribution in [2.24, 2.45) is 14.1 Å². The van der Waals surface area contributed by atoms with Gasteiger partial charge in [0, 0.05) is 24.7 Å². The predicted molar refractivity (Wildman–Crippen MR) is 135 cm³/mol. The Balaban J connectivity index is 2.00. The highest BCUT2D eigenvalue weighted by Crippen LogP contribution is 2.47. The Morgan fingerprint density at radius 3 is 2.43 bits per heavy atom. The number of rotatable bonds is 3. The summed E-state index contributed by atoms with van der Waals surface area (Å²) in [6, 6.07) is 12.2. The minimum atomic E-state index is -0.756. The lowest BCUT2D eigenvalue weighted by Crippen LogP contribution is -2.40. The molecule has 0 spiro atoms. The van der Waals surface area contributed by atoms with Crippen molar-refractivity contribution in [3.8, 4) is 22.8 Å². The van der Waals surface area contributed by atoms with Crippen LogP contribution >= 0.6 is 11.6 Å². The van der Waals surface area contributed by atoms with Gasteiger partial charge in [0.15, 0.2) is 0 Å². The molecule has 1 unspecified atom stereocenters. The maximum atomic E-state index is 13.6. The fourth-order valence-corrected chi connectivity index (χ4v) is 5.17. The molecule has 0 radical (unpaired) electrons. The van der Waals surface area contributed by atoms with Crippen LogP contribution in [-0.4, -0.2) is 32.5 Å². The molecule has 0 saturated carbocycles. The summed E-state index contributed by atoms with van der Waals surface area (Å²) < 4.78 is 16.3. The highest BCUT2D eigenvalue weighted by molar-refractivity contribution is 6.30. The van der Waals surface area contributed by atoms with E-state index < -0.39 is 22.9 Å². The van der Waals surface area contributed by atoms with Gasteiger partial charge in [0.25, 0.3) is 5.56 Å². The Morgan fingerprint density at radius 1 is 1.09 bits per heavy atom. The minimum absolute atomic E-state index is 0.0137. The molecule has 1 N–H and O–H groups in total. The third-order valence-electron chi connectivity index (χ3n) is 6.70. The monoisotopic (exact) mass is 495 g/mol. The molecule has 0 saturated heterocycles. The normalized spacial score (nSPS) is 16.9. The molecule has 1 aliphatic rings. The first-order valence-corrected chi connectivity index (χ1v) is 11.5. The van der Waals surface area contributed by atoms with Crippen molar-refractivity contribution in [2.45, 2.75) is 25.5 Å². The highest BCUT2D eigenvalue weighted by atomic mass is 35.5. The van der Waals surface area contributed by atoms with Gasteiger partial charge in [0.1, 0.15) is 17.6 Å². The Morgan fingerprint density at radius 2 is 1.77 bits per heavy atom. The number of aryl methyl sites for hydroxylation is 1. The molecular weight excluding hydrogens is 470 g/mol. The Kier molecular flexibility index (Phi) is 5.34. The molecule has 1 aliphatic heterocycles. The molecule has 1 atom stereocenters. The van der Waals surface area contributed by atoms with Crippen molar-refractivity contribution in [3.05, 3.63) is 79.6 Å². The SMILES string of the molecule is COc1ccc(-c2c3c(=O)n(C)c(=O)n(C)c3c3n2C(C)(C)COC3c2cc(Cl)ccc2O)cc1. The summed E-state index contributed by atoms with van der Waals surface area (Å²) in [4.78, 5) is 26.6. The van der Waals surface area contributed by atoms with Crippen LogP contribution in [0.3, 0.4) is 0 Å². The lowest BCUT2D eigenvalue weighted by Gasteiger charge is -2.39. The van der Waals surface area contributed by atoms with E-state index in [-0.39, 0.29) is 5.75 Å². The molecule has 0 amide bonds. The van der Waals surface area contributed by atoms with E-state index in [0.29, 0.717) is 45.2 Å². The van der Waals surface area contributed by atoms with Crippen molar-refractivity contribution >= 4 is 22.5 Å². The molecule has 8 nitrogen and oxygen atoms in total. The lowest BCUT2D eigenvalue weighted by atomic mass is 9.97. The molecule has 5 rings (SSSR count). The van der Waals surface area contributed by atoms with Crippen LogP contribution in [0.1, 0.15) is 31.2 Å². The van der Waals surface area contributed by atoms with E-state index in [1.54, 1.807) is 26.3 Å². The number of methoxy groups -OCH3 is 1. The van der Waals surface area contributed by atoms with Gasteiger partial charge in [-0.15, -0.1) is 0 Å². The molecule has 4 aromatic rings. The van der Waals surface area contributed by atoms with Gasteiger partial charge in [-0.3, -0.25) is 13.9 Å². The van der Waals surface area contributed by atoms with E-state index in [0.717, 1.165) is 10.1 Å². The molecule has 2 aromatic heterocycles. The van der Waals surface area contributed by atoms with Gasteiger partial charge < -0.3 is 19.1 Å². The van der Waals surface area contributed by atoms with Gasteiger partial charge in [-0.2, -0.15) is 0 Å². The number of nitrogens with zero attached hydrogens (tertiary/aromatic N) is 3. The van der Waals surface area contributed by atoms with Crippen LogP contribution in [0.5, 0.6) is 11.5 Å². The van der Waals surface area contributed by atoms with E-state index >= 15 is 0 Å². The quantitative estimate of drug-likeness (QED) is 0.465. The summed E-state index contributed by atoms with van der Waals surface area (Å²) in [5.41, 5.74) is 1.57. The van der Waals surface area contributed by atoms with Crippen LogP contribution in [0.15, 0.2) is 52.1 Å². The molecule has 3 heterocycles. The topological polar surface area (TPSA) is 87.6 Å². The zero-order valence-corrected chi connectivity index (χ0v) is 20.9. The van der Waals surface area contributed by atoms with Crippen molar-refractivity contribution in [1.82, 2.24) is 13.7 Å². The van der Waals surface area contributed by atoms with Gasteiger partial charge in [-0.05, 0) is 61.9 Å². The number of halogens is 1. The van der Waals surface area contributed by atoms with Crippen molar-refractivity contribution in [2.75, 3.05) is 13.7 Å². The number of phenols is 1. The third-order valence-corrected chi connectivity index (χ3v) is 6.94. The zero-order chi connectivity index (χ0) is 25.2. The molecule has 2 aromatic carbocycles. The molecule has 182 valence electrons. The molecule has 9 heteroatoms. The Hall–Kier alpha value is -3.49. The number of aromatic hydroxyl groups is 1. The zero-order valence-electron chi connectivity index (χ0n) is 20.1. The van der Waals surface area contributed by atoms with E-state index in [1.165, 1.54) is 17.7 Å². The van der Waals surface area contributed by atoms with Crippen molar-refractivity contribution < 1.29 is 14.6 Å². The summed E-state index contributed by atoms with van der Waals surface area (Å²) in [6.07, 6.45) is -0.756. The number of aromatic nitrogens is 3. The van der Waals surface area contributed by atoms with E-state index in [4.69, 9.17) is 21.1 Å². The van der Waals surface area contributed by atoms with E-state index in [9.17, 15) is 14.7 Å². The number of hydrogen-bond acceptors (Lipinski definition) is 5. The van der Waals surface area contributed by atoms with Crippen LogP contribution in [0.4, 0.5) is 0 Å². The highest BCUT2D eigenvalue weighted by Gasteiger charge is 2.41. The average molecular weight is 496 g/mol. The van der Waals surface area contributed by atoms with Crippen LogP contribution in [-0.2, 0) is 24.4 Å². The van der Waals surface area contributed by atoms with Gasteiger partial charge >= 0.3 is 5.69 Å². The summed E-state index contributed by atoms with van der Waals surface area (Å²) in [5.74, 6) is 0.702. The number of fused-ring (bicyclic) bond motifs is 3. The molecule has 0 bridgehead atoms. The van der Waals surface area contributed by atoms with Gasteiger partial charge in [-0.1, -0.05) is 11.6 Å². The van der Waals surface area contributed by atoms with Crippen molar-refractivity contribution in [1.29, 1.82) is 0 Å². The maximum Gasteiger partial charge on any atom is 0.331 e. The van der Waals surface area contributed by atoms with E-state index in [1.807, 2.05) is 38.1 Å². The van der Waals surface area contributed by atoms with Crippen LogP contribution in [0, 0.1) is 0 Å². The fraction of sp³-hybridized carbons (Fsp3) is 0.308. The fourth-order valence-electron chi connectivity index (χ4n) is 4.99. The third kappa shape index (κ3) is 3.39. The smallest absolute Gasteiger partial charge is 0.331 e. The number of benzene rings is 2. The first kappa shape index (κ1) is 23.3. The molecular formula is C26H26ClN3O5. The van der Waals surface area contributed by atoms with Gasteiger partial charge in [-0.25, -0.2) is 4.79 Å². The first-order chi connectivity index (χ1) is 16.6. The standard InChI is InChI=1S/C26H26ClN3O5/c1-26(2)13-35-23(17-12-15(27)8-11-18(17)31)22-21-19(24(32)29(4)25(33)28(21)3)20(30(22)26)14-6-9-16(34-5)10-7-14/h6-12,23,31H,13H2,1-5H3. The largest absolute Gasteiger partial charge is 0.508 e. The van der Waals surface area contributed by atoms with Gasteiger partial charge in [0.05, 0.1) is 41.5 Å². The Bertz CT molecular complexity index is 1600. The predicted octanol–water partition coefficient (Wildman–Crippen LogP) is 3.93. The second-order valence-corrected chi connectivity index (χ2v) is 9.87. The summed E-state index contributed by atoms with van der Waals surface area (Å²) in [5, 5.41) is 11.6.